The summed E-state index contributed by atoms with van der Waals surface area (Å²) in [4.78, 5) is 25.0. The summed E-state index contributed by atoms with van der Waals surface area (Å²) in [6, 6.07) is 5.81. The number of benzene rings is 1. The summed E-state index contributed by atoms with van der Waals surface area (Å²) in [5, 5.41) is 0. The highest BCUT2D eigenvalue weighted by atomic mass is 127. The second-order valence-electron chi connectivity index (χ2n) is 6.27. The van der Waals surface area contributed by atoms with Crippen LogP contribution in [0.25, 0.3) is 0 Å². The predicted octanol–water partition coefficient (Wildman–Crippen LogP) is 5.85. The average molecular weight is 559 g/mol. The van der Waals surface area contributed by atoms with Gasteiger partial charge in [0.05, 0.1) is 11.1 Å². The third-order valence-corrected chi connectivity index (χ3v) is 5.03. The Bertz CT molecular complexity index is 845. The lowest BCUT2D eigenvalue weighted by Gasteiger charge is -2.32. The van der Waals surface area contributed by atoms with E-state index in [1.807, 2.05) is 0 Å². The van der Waals surface area contributed by atoms with Gasteiger partial charge in [0, 0.05) is 12.6 Å². The lowest BCUT2D eigenvalue weighted by Crippen LogP contribution is -2.60. The summed E-state index contributed by atoms with van der Waals surface area (Å²) in [5.74, 6) is -20.8. The van der Waals surface area contributed by atoms with Crippen LogP contribution in [0.5, 0.6) is 0 Å². The van der Waals surface area contributed by atoms with Crippen LogP contribution in [0.1, 0.15) is 33.6 Å². The first-order valence-corrected chi connectivity index (χ1v) is 9.15. The van der Waals surface area contributed by atoms with Crippen molar-refractivity contribution in [3.05, 3.63) is 45.0 Å². The largest absolute Gasteiger partial charge is 0.460 e. The fraction of sp³-hybridized carbons (Fsp3) is 0.412. The number of rotatable bonds is 7. The van der Waals surface area contributed by atoms with Gasteiger partial charge in [0.1, 0.15) is 0 Å². The number of carbonyl (C=O) groups excluding carboxylic acids is 2. The molecular formula is C17H11F9INO2. The van der Waals surface area contributed by atoms with Gasteiger partial charge in [-0.25, -0.2) is 0 Å². The van der Waals surface area contributed by atoms with E-state index in [0.29, 0.717) is 0 Å². The van der Waals surface area contributed by atoms with E-state index in [1.54, 1.807) is 0 Å². The first-order valence-electron chi connectivity index (χ1n) is 8.07. The molecule has 3 nitrogen and oxygen atoms in total. The van der Waals surface area contributed by atoms with Crippen LogP contribution in [-0.2, 0) is 0 Å². The van der Waals surface area contributed by atoms with Gasteiger partial charge in [0.25, 0.3) is 11.8 Å². The van der Waals surface area contributed by atoms with Crippen molar-refractivity contribution in [1.82, 2.24) is 4.90 Å². The van der Waals surface area contributed by atoms with Crippen molar-refractivity contribution >= 4 is 34.4 Å². The van der Waals surface area contributed by atoms with Gasteiger partial charge in [0.2, 0.25) is 0 Å². The molecule has 0 N–H and O–H groups in total. The minimum atomic E-state index is -6.96. The van der Waals surface area contributed by atoms with E-state index in [2.05, 4.69) is 0 Å². The van der Waals surface area contributed by atoms with E-state index < -0.39 is 51.8 Å². The van der Waals surface area contributed by atoms with Crippen LogP contribution in [0, 0.1) is 0 Å². The molecule has 30 heavy (non-hydrogen) atoms. The van der Waals surface area contributed by atoms with Crippen LogP contribution in [0.3, 0.4) is 0 Å². The average Bonchev–Trinajstić information content (AvgIpc) is 2.85. The van der Waals surface area contributed by atoms with E-state index in [1.165, 1.54) is 24.3 Å². The van der Waals surface area contributed by atoms with Gasteiger partial charge in [-0.2, -0.15) is 39.5 Å². The molecule has 0 saturated carbocycles. The van der Waals surface area contributed by atoms with Crippen molar-refractivity contribution in [2.45, 2.75) is 36.8 Å². The molecule has 2 amide bonds. The zero-order chi connectivity index (χ0) is 23.1. The lowest BCUT2D eigenvalue weighted by molar-refractivity contribution is -0.388. The molecule has 0 aliphatic carbocycles. The highest BCUT2D eigenvalue weighted by Gasteiger charge is 2.81. The van der Waals surface area contributed by atoms with Gasteiger partial charge < -0.3 is 0 Å². The Kier molecular flexibility index (Phi) is 6.56. The predicted molar refractivity (Wildman–Crippen MR) is 94.0 cm³/mol. The molecule has 166 valence electrons. The summed E-state index contributed by atoms with van der Waals surface area (Å²) < 4.78 is 115. The maximum absolute atomic E-state index is 13.6. The molecule has 0 aromatic heterocycles. The van der Waals surface area contributed by atoms with E-state index in [-0.39, 0.29) is 24.1 Å². The number of hydrogen-bond donors (Lipinski definition) is 0. The van der Waals surface area contributed by atoms with Gasteiger partial charge in [-0.15, -0.1) is 0 Å². The minimum absolute atomic E-state index is 0.119. The number of allylic oxidation sites excluding steroid dienone is 2. The van der Waals surface area contributed by atoms with Gasteiger partial charge in [-0.1, -0.05) is 12.1 Å². The molecule has 0 fully saturated rings. The maximum atomic E-state index is 13.6. The molecule has 1 aromatic rings. The SMILES string of the molecule is O=C1c2ccccc2C(=O)N1CCCC(I)=CC(F)(F)C(F)(F)C(F)(F)C(F)(F)F. The quantitative estimate of drug-likeness (QED) is 0.239. The standard InChI is InChI=1S/C17H11F9INO2/c18-14(19,15(20,21)16(22,23)17(24,25)26)8-9(27)4-3-7-28-12(29)10-5-1-2-6-11(10)13(28)30/h1-2,5-6,8H,3-4,7H2. The molecule has 1 aliphatic rings. The molecule has 0 atom stereocenters. The molecule has 1 heterocycles. The molecule has 0 spiro atoms. The summed E-state index contributed by atoms with van der Waals surface area (Å²) in [7, 11) is 0. The first-order chi connectivity index (χ1) is 13.5. The topological polar surface area (TPSA) is 37.4 Å². The second kappa shape index (κ2) is 8.04. The van der Waals surface area contributed by atoms with Crippen LogP contribution >= 0.6 is 22.6 Å². The molecular weight excluding hydrogens is 548 g/mol. The maximum Gasteiger partial charge on any atom is 0.460 e. The number of carbonyl (C=O) groups is 2. The monoisotopic (exact) mass is 559 g/mol. The summed E-state index contributed by atoms with van der Waals surface area (Å²) >= 11 is 1.09. The fourth-order valence-corrected chi connectivity index (χ4v) is 3.37. The van der Waals surface area contributed by atoms with Crippen LogP contribution < -0.4 is 0 Å². The molecule has 2 rings (SSSR count). The summed E-state index contributed by atoms with van der Waals surface area (Å²) in [5.41, 5.74) is 0.238. The molecule has 13 heteroatoms. The van der Waals surface area contributed by atoms with Gasteiger partial charge in [0.15, 0.2) is 0 Å². The first kappa shape index (κ1) is 24.5. The smallest absolute Gasteiger partial charge is 0.274 e. The summed E-state index contributed by atoms with van der Waals surface area (Å²) in [6.45, 7) is -0.298. The van der Waals surface area contributed by atoms with E-state index in [0.717, 1.165) is 27.5 Å². The molecule has 0 bridgehead atoms. The number of hydrogen-bond acceptors (Lipinski definition) is 2. The summed E-state index contributed by atoms with van der Waals surface area (Å²) in [6.07, 6.45) is -8.24. The van der Waals surface area contributed by atoms with Crippen LogP contribution in [0.15, 0.2) is 33.9 Å². The highest BCUT2D eigenvalue weighted by molar-refractivity contribution is 14.1. The second-order valence-corrected chi connectivity index (χ2v) is 7.66. The molecule has 0 saturated heterocycles. The Morgan fingerprint density at radius 2 is 1.33 bits per heavy atom. The number of imide groups is 1. The van der Waals surface area contributed by atoms with Crippen molar-refractivity contribution in [2.24, 2.45) is 0 Å². The Balaban J connectivity index is 2.07. The molecule has 0 radical (unpaired) electrons. The Labute approximate surface area is 177 Å². The van der Waals surface area contributed by atoms with Gasteiger partial charge in [-0.05, 0) is 51.1 Å². The van der Waals surface area contributed by atoms with Gasteiger partial charge >= 0.3 is 23.9 Å². The van der Waals surface area contributed by atoms with E-state index in [9.17, 15) is 49.1 Å². The van der Waals surface area contributed by atoms with Crippen molar-refractivity contribution < 1.29 is 49.1 Å². The zero-order valence-corrected chi connectivity index (χ0v) is 16.7. The normalized spacial score (nSPS) is 16.3. The Morgan fingerprint density at radius 1 is 0.867 bits per heavy atom. The Hall–Kier alpha value is -1.80. The van der Waals surface area contributed by atoms with Gasteiger partial charge in [-0.3, -0.25) is 14.5 Å². The number of halogens is 10. The number of alkyl halides is 9. The van der Waals surface area contributed by atoms with Crippen molar-refractivity contribution in [3.8, 4) is 0 Å². The third kappa shape index (κ3) is 4.17. The van der Waals surface area contributed by atoms with E-state index >= 15 is 0 Å². The van der Waals surface area contributed by atoms with Crippen LogP contribution in [-0.4, -0.2) is 47.2 Å². The van der Waals surface area contributed by atoms with Crippen molar-refractivity contribution in [3.63, 3.8) is 0 Å². The van der Waals surface area contributed by atoms with Crippen LogP contribution in [0.2, 0.25) is 0 Å². The minimum Gasteiger partial charge on any atom is -0.274 e. The number of amides is 2. The third-order valence-electron chi connectivity index (χ3n) is 4.18. The van der Waals surface area contributed by atoms with Crippen molar-refractivity contribution in [2.75, 3.05) is 6.54 Å². The van der Waals surface area contributed by atoms with E-state index in [4.69, 9.17) is 0 Å². The fourth-order valence-electron chi connectivity index (χ4n) is 2.60. The van der Waals surface area contributed by atoms with Crippen LogP contribution in [0.4, 0.5) is 39.5 Å². The van der Waals surface area contributed by atoms with Crippen molar-refractivity contribution in [1.29, 1.82) is 0 Å². The number of fused-ring (bicyclic) bond motifs is 1. The molecule has 1 aliphatic heterocycles. The molecule has 0 unspecified atom stereocenters. The highest BCUT2D eigenvalue weighted by Crippen LogP contribution is 2.53. The Morgan fingerprint density at radius 3 is 1.77 bits per heavy atom. The lowest BCUT2D eigenvalue weighted by atomic mass is 10.0. The molecule has 1 aromatic carbocycles. The number of nitrogens with zero attached hydrogens (tertiary/aromatic N) is 1. The zero-order valence-electron chi connectivity index (χ0n) is 14.6.